The number of benzene rings is 1. The summed E-state index contributed by atoms with van der Waals surface area (Å²) in [6.45, 7) is -0.0126. The van der Waals surface area contributed by atoms with Crippen molar-refractivity contribution in [1.82, 2.24) is 20.1 Å². The van der Waals surface area contributed by atoms with E-state index in [0.29, 0.717) is 17.3 Å². The van der Waals surface area contributed by atoms with Gasteiger partial charge in [0.1, 0.15) is 22.4 Å². The predicted molar refractivity (Wildman–Crippen MR) is 87.6 cm³/mol. The van der Waals surface area contributed by atoms with Crippen molar-refractivity contribution >= 4 is 16.7 Å². The van der Waals surface area contributed by atoms with Crippen LogP contribution in [0.4, 0.5) is 13.2 Å². The van der Waals surface area contributed by atoms with E-state index < -0.39 is 28.4 Å². The topological polar surface area (TPSA) is 79.0 Å². The Bertz CT molecular complexity index is 833. The van der Waals surface area contributed by atoms with Crippen LogP contribution in [-0.4, -0.2) is 43.0 Å². The lowest BCUT2D eigenvalue weighted by atomic mass is 10.1. The number of nitrogens with one attached hydrogen (secondary N) is 1. The highest BCUT2D eigenvalue weighted by molar-refractivity contribution is 7.85. The summed E-state index contributed by atoms with van der Waals surface area (Å²) in [5.41, 5.74) is -0.428. The van der Waals surface area contributed by atoms with Crippen molar-refractivity contribution in [3.8, 4) is 0 Å². The molecule has 1 aliphatic rings. The van der Waals surface area contributed by atoms with Crippen LogP contribution in [0.15, 0.2) is 29.4 Å². The molecule has 2 aromatic rings. The molecule has 1 N–H and O–H groups in total. The molecule has 3 rings (SSSR count). The van der Waals surface area contributed by atoms with Crippen molar-refractivity contribution < 1.29 is 22.2 Å². The number of hydrogen-bond acceptors (Lipinski definition) is 4. The van der Waals surface area contributed by atoms with E-state index >= 15 is 0 Å². The minimum absolute atomic E-state index is 0.0126. The number of carbonyl (C=O) groups excluding carboxylic acids is 1. The van der Waals surface area contributed by atoms with Crippen LogP contribution in [0.1, 0.15) is 35.7 Å². The van der Waals surface area contributed by atoms with Gasteiger partial charge in [-0.1, -0.05) is 12.1 Å². The molecule has 1 aromatic heterocycles. The van der Waals surface area contributed by atoms with Crippen LogP contribution in [0.25, 0.3) is 0 Å². The van der Waals surface area contributed by atoms with Gasteiger partial charge >= 0.3 is 6.18 Å². The second-order valence-corrected chi connectivity index (χ2v) is 7.56. The van der Waals surface area contributed by atoms with Crippen LogP contribution in [0.2, 0.25) is 0 Å². The first kappa shape index (κ1) is 18.6. The number of rotatable bonds is 6. The lowest BCUT2D eigenvalue weighted by Gasteiger charge is -2.17. The maximum absolute atomic E-state index is 12.7. The number of amides is 1. The molecule has 0 bridgehead atoms. The highest BCUT2D eigenvalue weighted by Gasteiger charge is 2.31. The van der Waals surface area contributed by atoms with E-state index in [1.165, 1.54) is 24.1 Å². The van der Waals surface area contributed by atoms with E-state index in [0.717, 1.165) is 25.0 Å². The van der Waals surface area contributed by atoms with Crippen molar-refractivity contribution in [3.05, 3.63) is 41.2 Å². The molecule has 1 saturated carbocycles. The van der Waals surface area contributed by atoms with Gasteiger partial charge in [-0.15, -0.1) is 5.10 Å². The molecule has 10 heteroatoms. The predicted octanol–water partition coefficient (Wildman–Crippen LogP) is 2.47. The van der Waals surface area contributed by atoms with E-state index in [4.69, 9.17) is 0 Å². The lowest BCUT2D eigenvalue weighted by Crippen LogP contribution is -2.30. The van der Waals surface area contributed by atoms with Gasteiger partial charge in [0.15, 0.2) is 0 Å². The summed E-state index contributed by atoms with van der Waals surface area (Å²) in [7, 11) is -0.251. The van der Waals surface area contributed by atoms with Gasteiger partial charge in [-0.05, 0) is 30.5 Å². The maximum Gasteiger partial charge on any atom is 0.416 e. The van der Waals surface area contributed by atoms with Crippen LogP contribution >= 0.6 is 0 Å². The first-order valence-electron chi connectivity index (χ1n) is 7.95. The van der Waals surface area contributed by atoms with Crippen molar-refractivity contribution in [2.45, 2.75) is 36.6 Å². The average Bonchev–Trinajstić information content (AvgIpc) is 3.31. The van der Waals surface area contributed by atoms with Crippen LogP contribution in [-0.2, 0) is 28.3 Å². The molecule has 0 aliphatic heterocycles. The van der Waals surface area contributed by atoms with Crippen molar-refractivity contribution in [2.75, 3.05) is 12.8 Å². The molecule has 1 atom stereocenters. The number of nitrogens with zero attached hydrogens (tertiary/aromatic N) is 3. The first-order chi connectivity index (χ1) is 12.2. The Morgan fingerprint density at radius 3 is 2.77 bits per heavy atom. The SMILES string of the molecule is CN(Cc1cccc(C(F)(F)F)c1)C(=O)CS(=O)c1n[nH]c(C2CC2)n1. The molecule has 1 heterocycles. The molecule has 1 aliphatic carbocycles. The Labute approximate surface area is 150 Å². The summed E-state index contributed by atoms with van der Waals surface area (Å²) in [5, 5.41) is 6.68. The van der Waals surface area contributed by atoms with Crippen LogP contribution < -0.4 is 0 Å². The fourth-order valence-corrected chi connectivity index (χ4v) is 3.32. The summed E-state index contributed by atoms with van der Waals surface area (Å²) < 4.78 is 50.5. The number of halogens is 3. The second-order valence-electron chi connectivity index (χ2n) is 6.22. The molecule has 1 fully saturated rings. The highest BCUT2D eigenvalue weighted by atomic mass is 32.2. The molecular formula is C16H17F3N4O2S. The number of alkyl halides is 3. The van der Waals surface area contributed by atoms with Gasteiger partial charge in [0.25, 0.3) is 0 Å². The van der Waals surface area contributed by atoms with Crippen LogP contribution in [0.5, 0.6) is 0 Å². The Kier molecular flexibility index (Phi) is 5.12. The Morgan fingerprint density at radius 1 is 1.38 bits per heavy atom. The molecular weight excluding hydrogens is 369 g/mol. The summed E-state index contributed by atoms with van der Waals surface area (Å²) in [4.78, 5) is 17.6. The van der Waals surface area contributed by atoms with Crippen LogP contribution in [0, 0.1) is 0 Å². The fraction of sp³-hybridized carbons (Fsp3) is 0.438. The largest absolute Gasteiger partial charge is 0.416 e. The first-order valence-corrected chi connectivity index (χ1v) is 9.26. The molecule has 0 spiro atoms. The van der Waals surface area contributed by atoms with Crippen molar-refractivity contribution in [2.24, 2.45) is 0 Å². The molecule has 1 amide bonds. The van der Waals surface area contributed by atoms with E-state index in [1.807, 2.05) is 0 Å². The fourth-order valence-electron chi connectivity index (χ4n) is 2.39. The number of hydrogen-bond donors (Lipinski definition) is 1. The average molecular weight is 386 g/mol. The summed E-state index contributed by atoms with van der Waals surface area (Å²) in [6, 6.07) is 4.77. The minimum atomic E-state index is -4.44. The zero-order valence-electron chi connectivity index (χ0n) is 13.9. The van der Waals surface area contributed by atoms with E-state index in [9.17, 15) is 22.2 Å². The van der Waals surface area contributed by atoms with Gasteiger partial charge in [-0.25, -0.2) is 4.98 Å². The molecule has 140 valence electrons. The third-order valence-electron chi connectivity index (χ3n) is 4.00. The lowest BCUT2D eigenvalue weighted by molar-refractivity contribution is -0.137. The van der Waals surface area contributed by atoms with E-state index in [-0.39, 0.29) is 17.5 Å². The third-order valence-corrected chi connectivity index (χ3v) is 5.10. The van der Waals surface area contributed by atoms with E-state index in [2.05, 4.69) is 15.2 Å². The van der Waals surface area contributed by atoms with Gasteiger partial charge in [0.2, 0.25) is 11.1 Å². The zero-order chi connectivity index (χ0) is 18.9. The molecule has 6 nitrogen and oxygen atoms in total. The molecule has 1 unspecified atom stereocenters. The van der Waals surface area contributed by atoms with E-state index in [1.54, 1.807) is 0 Å². The van der Waals surface area contributed by atoms with Crippen molar-refractivity contribution in [3.63, 3.8) is 0 Å². The van der Waals surface area contributed by atoms with Crippen LogP contribution in [0.3, 0.4) is 0 Å². The highest BCUT2D eigenvalue weighted by Crippen LogP contribution is 2.37. The van der Waals surface area contributed by atoms with Gasteiger partial charge in [0.05, 0.1) is 5.56 Å². The Morgan fingerprint density at radius 2 is 2.12 bits per heavy atom. The summed E-state index contributed by atoms with van der Waals surface area (Å²) in [5.74, 6) is 0.224. The zero-order valence-corrected chi connectivity index (χ0v) is 14.7. The van der Waals surface area contributed by atoms with Gasteiger partial charge in [-0.3, -0.25) is 14.1 Å². The molecule has 0 radical (unpaired) electrons. The Hall–Kier alpha value is -2.23. The van der Waals surface area contributed by atoms with Crippen molar-refractivity contribution in [1.29, 1.82) is 0 Å². The number of aromatic nitrogens is 3. The van der Waals surface area contributed by atoms with Gasteiger partial charge < -0.3 is 4.90 Å². The minimum Gasteiger partial charge on any atom is -0.341 e. The Balaban J connectivity index is 1.59. The summed E-state index contributed by atoms with van der Waals surface area (Å²) in [6.07, 6.45) is -2.41. The van der Waals surface area contributed by atoms with Gasteiger partial charge in [-0.2, -0.15) is 13.2 Å². The quantitative estimate of drug-likeness (QED) is 0.827. The molecule has 0 saturated heterocycles. The number of aromatic amines is 1. The summed E-state index contributed by atoms with van der Waals surface area (Å²) >= 11 is 0. The normalized spacial score (nSPS) is 15.7. The number of carbonyl (C=O) groups is 1. The third kappa shape index (κ3) is 4.48. The van der Waals surface area contributed by atoms with Gasteiger partial charge in [0, 0.05) is 19.5 Å². The standard InChI is InChI=1S/C16H17F3N4O2S/c1-23(8-10-3-2-4-12(7-10)16(17,18)19)13(24)9-26(25)15-20-14(21-22-15)11-5-6-11/h2-4,7,11H,5-6,8-9H2,1H3,(H,20,21,22). The smallest absolute Gasteiger partial charge is 0.341 e. The number of H-pyrrole nitrogens is 1. The molecule has 26 heavy (non-hydrogen) atoms. The second kappa shape index (κ2) is 7.18. The maximum atomic E-state index is 12.7. The monoisotopic (exact) mass is 386 g/mol. The molecule has 1 aromatic carbocycles.